The van der Waals surface area contributed by atoms with E-state index in [4.69, 9.17) is 9.84 Å². The van der Waals surface area contributed by atoms with Gasteiger partial charge in [-0.1, -0.05) is 0 Å². The third kappa shape index (κ3) is 1.46. The number of carbonyl (C=O) groups is 2. The molecule has 1 N–H and O–H groups in total. The van der Waals surface area contributed by atoms with Crippen LogP contribution in [-0.2, 0) is 9.53 Å². The Hall–Kier alpha value is -1.26. The smallest absolute Gasteiger partial charge is 0.410 e. The van der Waals surface area contributed by atoms with E-state index in [9.17, 15) is 9.59 Å². The minimum atomic E-state index is -0.818. The van der Waals surface area contributed by atoms with Crippen LogP contribution in [-0.4, -0.2) is 41.3 Å². The van der Waals surface area contributed by atoms with E-state index >= 15 is 0 Å². The third-order valence-electron chi connectivity index (χ3n) is 2.64. The molecule has 2 aliphatic rings. The fourth-order valence-electron chi connectivity index (χ4n) is 1.93. The van der Waals surface area contributed by atoms with E-state index in [1.165, 1.54) is 0 Å². The van der Waals surface area contributed by atoms with Gasteiger partial charge in [0.05, 0.1) is 13.0 Å². The SMILES string of the molecule is O=C(O)C[C@H]1CCN2C[C@H]1OC2=O. The first kappa shape index (κ1) is 8.34. The van der Waals surface area contributed by atoms with Crippen LogP contribution < -0.4 is 0 Å². The van der Waals surface area contributed by atoms with Crippen LogP contribution in [0.1, 0.15) is 12.8 Å². The molecule has 0 saturated carbocycles. The number of ether oxygens (including phenoxy) is 1. The van der Waals surface area contributed by atoms with Crippen LogP contribution in [0.4, 0.5) is 4.79 Å². The highest BCUT2D eigenvalue weighted by molar-refractivity contribution is 5.71. The molecule has 2 aliphatic heterocycles. The molecule has 5 heteroatoms. The first-order valence-electron chi connectivity index (χ1n) is 4.34. The molecule has 0 aromatic rings. The number of carbonyl (C=O) groups excluding carboxylic acids is 1. The van der Waals surface area contributed by atoms with E-state index in [0.717, 1.165) is 6.42 Å². The van der Waals surface area contributed by atoms with Crippen molar-refractivity contribution in [1.82, 2.24) is 4.90 Å². The van der Waals surface area contributed by atoms with Crippen molar-refractivity contribution in [2.45, 2.75) is 18.9 Å². The topological polar surface area (TPSA) is 66.8 Å². The number of carboxylic acids is 1. The minimum absolute atomic E-state index is 0.000185. The van der Waals surface area contributed by atoms with E-state index < -0.39 is 5.97 Å². The Morgan fingerprint density at radius 1 is 1.69 bits per heavy atom. The number of rotatable bonds is 2. The van der Waals surface area contributed by atoms with E-state index in [1.807, 2.05) is 0 Å². The third-order valence-corrected chi connectivity index (χ3v) is 2.64. The van der Waals surface area contributed by atoms with Crippen LogP contribution in [0.5, 0.6) is 0 Å². The Morgan fingerprint density at radius 2 is 2.46 bits per heavy atom. The van der Waals surface area contributed by atoms with Crippen LogP contribution in [0.2, 0.25) is 0 Å². The Balaban J connectivity index is 2.01. The summed E-state index contributed by atoms with van der Waals surface area (Å²) in [5, 5.41) is 8.60. The number of hydrogen-bond donors (Lipinski definition) is 1. The second-order valence-corrected chi connectivity index (χ2v) is 3.51. The first-order chi connectivity index (χ1) is 6.16. The summed E-state index contributed by atoms with van der Waals surface area (Å²) < 4.78 is 5.02. The highest BCUT2D eigenvalue weighted by Crippen LogP contribution is 2.29. The molecule has 0 spiro atoms. The lowest BCUT2D eigenvalue weighted by molar-refractivity contribution is -0.139. The lowest BCUT2D eigenvalue weighted by Gasteiger charge is -2.25. The number of carboxylic acid groups (broad SMARTS) is 1. The highest BCUT2D eigenvalue weighted by atomic mass is 16.6. The van der Waals surface area contributed by atoms with Crippen molar-refractivity contribution in [2.24, 2.45) is 5.92 Å². The van der Waals surface area contributed by atoms with Crippen molar-refractivity contribution in [3.63, 3.8) is 0 Å². The molecule has 2 heterocycles. The number of hydrogen-bond acceptors (Lipinski definition) is 3. The van der Waals surface area contributed by atoms with E-state index in [2.05, 4.69) is 0 Å². The molecule has 2 atom stereocenters. The molecule has 2 fully saturated rings. The van der Waals surface area contributed by atoms with Crippen molar-refractivity contribution in [3.8, 4) is 0 Å². The molecule has 0 aromatic heterocycles. The maximum absolute atomic E-state index is 11.0. The number of piperidine rings is 1. The van der Waals surface area contributed by atoms with Crippen LogP contribution >= 0.6 is 0 Å². The summed E-state index contributed by atoms with van der Waals surface area (Å²) in [5.41, 5.74) is 0. The largest absolute Gasteiger partial charge is 0.481 e. The zero-order chi connectivity index (χ0) is 9.42. The van der Waals surface area contributed by atoms with Gasteiger partial charge in [-0.25, -0.2) is 4.79 Å². The summed E-state index contributed by atoms with van der Waals surface area (Å²) in [5.74, 6) is -0.818. The first-order valence-corrected chi connectivity index (χ1v) is 4.34. The van der Waals surface area contributed by atoms with Gasteiger partial charge in [0.1, 0.15) is 6.10 Å². The molecule has 0 aliphatic carbocycles. The van der Waals surface area contributed by atoms with Crippen molar-refractivity contribution in [2.75, 3.05) is 13.1 Å². The second kappa shape index (κ2) is 2.90. The summed E-state index contributed by atoms with van der Waals surface area (Å²) in [6.45, 7) is 1.20. The molecule has 13 heavy (non-hydrogen) atoms. The fraction of sp³-hybridized carbons (Fsp3) is 0.750. The van der Waals surface area contributed by atoms with Gasteiger partial charge >= 0.3 is 12.1 Å². The lowest BCUT2D eigenvalue weighted by atomic mass is 9.92. The van der Waals surface area contributed by atoms with Gasteiger partial charge in [0.2, 0.25) is 0 Å². The Kier molecular flexibility index (Phi) is 1.86. The van der Waals surface area contributed by atoms with Crippen LogP contribution in [0.25, 0.3) is 0 Å². The molecular weight excluding hydrogens is 174 g/mol. The summed E-state index contributed by atoms with van der Waals surface area (Å²) >= 11 is 0. The molecule has 1 amide bonds. The number of fused-ring (bicyclic) bond motifs is 2. The Labute approximate surface area is 75.3 Å². The minimum Gasteiger partial charge on any atom is -0.481 e. The van der Waals surface area contributed by atoms with Crippen molar-refractivity contribution >= 4 is 12.1 Å². The standard InChI is InChI=1S/C8H11NO4/c10-7(11)3-5-1-2-9-4-6(5)13-8(9)12/h5-6H,1-4H2,(H,10,11)/t5-,6-/m1/s1. The van der Waals surface area contributed by atoms with E-state index in [0.29, 0.717) is 13.1 Å². The van der Waals surface area contributed by atoms with Gasteiger partial charge in [0.15, 0.2) is 0 Å². The predicted octanol–water partition coefficient (Wildman–Crippen LogP) is 0.302. The molecule has 2 rings (SSSR count). The van der Waals surface area contributed by atoms with Crippen molar-refractivity contribution in [3.05, 3.63) is 0 Å². The molecular formula is C8H11NO4. The van der Waals surface area contributed by atoms with Crippen molar-refractivity contribution < 1.29 is 19.4 Å². The van der Waals surface area contributed by atoms with Gasteiger partial charge in [-0.2, -0.15) is 0 Å². The van der Waals surface area contributed by atoms with Crippen molar-refractivity contribution in [1.29, 1.82) is 0 Å². The zero-order valence-corrected chi connectivity index (χ0v) is 7.10. The van der Waals surface area contributed by atoms with Crippen LogP contribution in [0, 0.1) is 5.92 Å². The fourth-order valence-corrected chi connectivity index (χ4v) is 1.93. The van der Waals surface area contributed by atoms with Gasteiger partial charge in [0, 0.05) is 12.5 Å². The van der Waals surface area contributed by atoms with Crippen LogP contribution in [0.3, 0.4) is 0 Å². The van der Waals surface area contributed by atoms with Crippen LogP contribution in [0.15, 0.2) is 0 Å². The molecule has 0 aromatic carbocycles. The van der Waals surface area contributed by atoms with Gasteiger partial charge in [0.25, 0.3) is 0 Å². The number of nitrogens with zero attached hydrogens (tertiary/aromatic N) is 1. The summed E-state index contributed by atoms with van der Waals surface area (Å²) in [6.07, 6.45) is 0.351. The normalized spacial score (nSPS) is 31.7. The molecule has 72 valence electrons. The molecule has 5 nitrogen and oxygen atoms in total. The molecule has 0 unspecified atom stereocenters. The molecule has 2 bridgehead atoms. The summed E-state index contributed by atoms with van der Waals surface area (Å²) in [4.78, 5) is 23.1. The zero-order valence-electron chi connectivity index (χ0n) is 7.10. The predicted molar refractivity (Wildman–Crippen MR) is 42.2 cm³/mol. The maximum atomic E-state index is 11.0. The van der Waals surface area contributed by atoms with Gasteiger partial charge < -0.3 is 14.7 Å². The van der Waals surface area contributed by atoms with Gasteiger partial charge in [-0.05, 0) is 6.42 Å². The highest BCUT2D eigenvalue weighted by Gasteiger charge is 2.41. The Morgan fingerprint density at radius 3 is 3.15 bits per heavy atom. The monoisotopic (exact) mass is 185 g/mol. The van der Waals surface area contributed by atoms with Gasteiger partial charge in [-0.3, -0.25) is 4.79 Å². The average molecular weight is 185 g/mol. The maximum Gasteiger partial charge on any atom is 0.410 e. The quantitative estimate of drug-likeness (QED) is 0.672. The number of aliphatic carboxylic acids is 1. The average Bonchev–Trinajstić information content (AvgIpc) is 2.34. The lowest BCUT2D eigenvalue weighted by Crippen LogP contribution is -2.37. The van der Waals surface area contributed by atoms with E-state index in [1.54, 1.807) is 4.90 Å². The van der Waals surface area contributed by atoms with E-state index in [-0.39, 0.29) is 24.5 Å². The Bertz CT molecular complexity index is 253. The molecule has 2 saturated heterocycles. The summed E-state index contributed by atoms with van der Waals surface area (Å²) in [7, 11) is 0. The molecule has 0 radical (unpaired) electrons. The second-order valence-electron chi connectivity index (χ2n) is 3.51. The van der Waals surface area contributed by atoms with Gasteiger partial charge in [-0.15, -0.1) is 0 Å². The summed E-state index contributed by atoms with van der Waals surface area (Å²) in [6, 6.07) is 0. The number of amides is 1.